The smallest absolute Gasteiger partial charge is 0.330 e. The fourth-order valence-electron chi connectivity index (χ4n) is 2.33. The molecule has 9 nitrogen and oxygen atoms in total. The summed E-state index contributed by atoms with van der Waals surface area (Å²) in [5, 5.41) is 0. The van der Waals surface area contributed by atoms with Gasteiger partial charge in [-0.05, 0) is 0 Å². The molecule has 0 aliphatic carbocycles. The molecule has 0 radical (unpaired) electrons. The molecular weight excluding hydrogens is 400 g/mol. The number of H-pyrrole nitrogens is 1. The number of hydrogen-bond donors (Lipinski definition) is 1. The topological polar surface area (TPSA) is 117 Å². The fraction of sp³-hybridized carbons (Fsp3) is 0.600. The molecule has 0 unspecified atom stereocenters. The normalized spacial score (nSPS) is 25.6. The van der Waals surface area contributed by atoms with Gasteiger partial charge >= 0.3 is 17.6 Å². The molecule has 0 spiro atoms. The predicted octanol–water partition coefficient (Wildman–Crippen LogP) is 0.472. The summed E-state index contributed by atoms with van der Waals surface area (Å²) in [6, 6.07) is 1.18. The molecular formula is C15H19BrN2O7. The Bertz CT molecular complexity index is 744. The fourth-order valence-corrected chi connectivity index (χ4v) is 3.16. The average Bonchev–Trinajstić information content (AvgIpc) is 2.88. The molecule has 1 saturated heterocycles. The quantitative estimate of drug-likeness (QED) is 0.526. The predicted molar refractivity (Wildman–Crippen MR) is 89.4 cm³/mol. The number of carbonyl (C=O) groups is 2. The van der Waals surface area contributed by atoms with Crippen LogP contribution < -0.4 is 11.2 Å². The first-order chi connectivity index (χ1) is 11.9. The number of nitrogens with one attached hydrogen (secondary N) is 1. The number of nitrogens with zero attached hydrogens (tertiary/aromatic N) is 1. The lowest BCUT2D eigenvalue weighted by Crippen LogP contribution is -2.37. The van der Waals surface area contributed by atoms with Crippen LogP contribution >= 0.6 is 15.9 Å². The van der Waals surface area contributed by atoms with E-state index in [2.05, 4.69) is 20.9 Å². The Balaban J connectivity index is 2.25. The number of halogens is 1. The number of aromatic nitrogens is 2. The highest BCUT2D eigenvalue weighted by atomic mass is 79.9. The van der Waals surface area contributed by atoms with Crippen LogP contribution in [0.15, 0.2) is 21.9 Å². The molecule has 0 aromatic carbocycles. The Labute approximate surface area is 151 Å². The van der Waals surface area contributed by atoms with Gasteiger partial charge in [-0.15, -0.1) is 0 Å². The highest BCUT2D eigenvalue weighted by Crippen LogP contribution is 2.36. The summed E-state index contributed by atoms with van der Waals surface area (Å²) in [7, 11) is 0. The van der Waals surface area contributed by atoms with E-state index in [4.69, 9.17) is 14.2 Å². The van der Waals surface area contributed by atoms with E-state index in [0.29, 0.717) is 0 Å². The zero-order valence-corrected chi connectivity index (χ0v) is 15.4. The van der Waals surface area contributed by atoms with E-state index in [9.17, 15) is 19.2 Å². The average molecular weight is 419 g/mol. The molecule has 1 aromatic heterocycles. The molecule has 0 saturated carbocycles. The third-order valence-electron chi connectivity index (χ3n) is 3.65. The second-order valence-corrected chi connectivity index (χ2v) is 6.43. The van der Waals surface area contributed by atoms with Gasteiger partial charge in [-0.1, -0.05) is 29.8 Å². The molecule has 138 valence electrons. The zero-order chi connectivity index (χ0) is 18.6. The second kappa shape index (κ2) is 8.43. The van der Waals surface area contributed by atoms with Gasteiger partial charge in [-0.3, -0.25) is 23.9 Å². The van der Waals surface area contributed by atoms with E-state index < -0.39 is 46.5 Å². The van der Waals surface area contributed by atoms with Crippen LogP contribution in [0.3, 0.4) is 0 Å². The highest BCUT2D eigenvalue weighted by molar-refractivity contribution is 9.09. The van der Waals surface area contributed by atoms with Crippen molar-refractivity contribution in [1.82, 2.24) is 9.55 Å². The lowest BCUT2D eigenvalue weighted by atomic mass is 10.2. The molecule has 1 aliphatic rings. The van der Waals surface area contributed by atoms with Crippen LogP contribution in [0.4, 0.5) is 0 Å². The summed E-state index contributed by atoms with van der Waals surface area (Å²) in [5.74, 6) is -0.862. The van der Waals surface area contributed by atoms with Gasteiger partial charge in [0.2, 0.25) is 0 Å². The van der Waals surface area contributed by atoms with Gasteiger partial charge in [0.15, 0.2) is 6.23 Å². The molecule has 1 aromatic rings. The molecule has 10 heteroatoms. The van der Waals surface area contributed by atoms with Crippen LogP contribution in [-0.4, -0.2) is 45.1 Å². The van der Waals surface area contributed by atoms with Crippen LogP contribution in [0.5, 0.6) is 0 Å². The van der Waals surface area contributed by atoms with Crippen molar-refractivity contribution in [3.63, 3.8) is 0 Å². The summed E-state index contributed by atoms with van der Waals surface area (Å²) in [5.41, 5.74) is -1.19. The first kappa shape index (κ1) is 19.4. The Morgan fingerprint density at radius 2 is 1.96 bits per heavy atom. The number of rotatable bonds is 6. The van der Waals surface area contributed by atoms with Crippen LogP contribution in [0, 0.1) is 0 Å². The van der Waals surface area contributed by atoms with E-state index in [1.165, 1.54) is 16.8 Å². The Morgan fingerprint density at radius 1 is 1.28 bits per heavy atom. The van der Waals surface area contributed by atoms with Gasteiger partial charge in [-0.25, -0.2) is 4.79 Å². The summed E-state index contributed by atoms with van der Waals surface area (Å²) < 4.78 is 17.4. The van der Waals surface area contributed by atoms with Crippen molar-refractivity contribution in [2.75, 3.05) is 6.61 Å². The third kappa shape index (κ3) is 4.57. The Morgan fingerprint density at radius 3 is 2.56 bits per heavy atom. The van der Waals surface area contributed by atoms with Crippen molar-refractivity contribution >= 4 is 27.9 Å². The maximum absolute atomic E-state index is 12.0. The molecule has 1 aliphatic heterocycles. The van der Waals surface area contributed by atoms with Gasteiger partial charge < -0.3 is 14.2 Å². The standard InChI is InChI=1S/C15H19BrN2O7/c1-3-10(20)23-7-8-13(25-11(21)4-2)12(16)14(24-8)18-6-5-9(19)17-15(18)22/h5-6,8,12-14H,3-4,7H2,1-2H3,(H,17,19,22)/t8-,12+,13+,14+/m0/s1. The summed E-state index contributed by atoms with van der Waals surface area (Å²) in [4.78, 5) is 47.8. The molecule has 0 bridgehead atoms. The minimum absolute atomic E-state index is 0.120. The molecule has 1 N–H and O–H groups in total. The Hall–Kier alpha value is -1.94. The number of aromatic amines is 1. The van der Waals surface area contributed by atoms with Crippen LogP contribution in [-0.2, 0) is 23.8 Å². The van der Waals surface area contributed by atoms with Crippen molar-refractivity contribution in [3.05, 3.63) is 33.1 Å². The summed E-state index contributed by atoms with van der Waals surface area (Å²) in [6.07, 6.45) is -0.697. The van der Waals surface area contributed by atoms with E-state index in [1.54, 1.807) is 13.8 Å². The van der Waals surface area contributed by atoms with Crippen molar-refractivity contribution in [3.8, 4) is 0 Å². The largest absolute Gasteiger partial charge is 0.463 e. The van der Waals surface area contributed by atoms with E-state index >= 15 is 0 Å². The number of alkyl halides is 1. The van der Waals surface area contributed by atoms with Gasteiger partial charge in [-0.2, -0.15) is 0 Å². The zero-order valence-electron chi connectivity index (χ0n) is 13.8. The van der Waals surface area contributed by atoms with Crippen molar-refractivity contribution in [2.45, 2.75) is 50.0 Å². The first-order valence-corrected chi connectivity index (χ1v) is 8.75. The van der Waals surface area contributed by atoms with Gasteiger partial charge in [0, 0.05) is 25.1 Å². The monoisotopic (exact) mass is 418 g/mol. The summed E-state index contributed by atoms with van der Waals surface area (Å²) >= 11 is 3.39. The van der Waals surface area contributed by atoms with Gasteiger partial charge in [0.05, 0.1) is 4.83 Å². The Kier molecular flexibility index (Phi) is 6.54. The number of ether oxygens (including phenoxy) is 3. The van der Waals surface area contributed by atoms with E-state index in [1.807, 2.05) is 0 Å². The van der Waals surface area contributed by atoms with Crippen molar-refractivity contribution in [2.24, 2.45) is 0 Å². The molecule has 4 atom stereocenters. The SMILES string of the molecule is CCC(=O)OC[C@@H]1O[C@@H](n2ccc(=O)[nH]c2=O)[C@H](Br)[C@@H]1OC(=O)CC. The maximum Gasteiger partial charge on any atom is 0.330 e. The number of carbonyl (C=O) groups excluding carboxylic acids is 2. The van der Waals surface area contributed by atoms with E-state index in [0.717, 1.165) is 0 Å². The minimum atomic E-state index is -0.843. The lowest BCUT2D eigenvalue weighted by Gasteiger charge is -2.20. The van der Waals surface area contributed by atoms with Crippen LogP contribution in [0.2, 0.25) is 0 Å². The summed E-state index contributed by atoms with van der Waals surface area (Å²) in [6.45, 7) is 3.19. The second-order valence-electron chi connectivity index (χ2n) is 5.37. The molecule has 2 rings (SSSR count). The third-order valence-corrected chi connectivity index (χ3v) is 4.62. The van der Waals surface area contributed by atoms with Crippen molar-refractivity contribution in [1.29, 1.82) is 0 Å². The lowest BCUT2D eigenvalue weighted by molar-refractivity contribution is -0.157. The highest BCUT2D eigenvalue weighted by Gasteiger charge is 2.47. The molecule has 0 amide bonds. The van der Waals surface area contributed by atoms with Crippen LogP contribution in [0.25, 0.3) is 0 Å². The number of esters is 2. The number of hydrogen-bond acceptors (Lipinski definition) is 7. The molecule has 25 heavy (non-hydrogen) atoms. The first-order valence-electron chi connectivity index (χ1n) is 7.83. The van der Waals surface area contributed by atoms with Crippen LogP contribution in [0.1, 0.15) is 32.9 Å². The minimum Gasteiger partial charge on any atom is -0.463 e. The molecule has 2 heterocycles. The van der Waals surface area contributed by atoms with Crippen molar-refractivity contribution < 1.29 is 23.8 Å². The maximum atomic E-state index is 12.0. The van der Waals surface area contributed by atoms with E-state index in [-0.39, 0.29) is 19.4 Å². The van der Waals surface area contributed by atoms with Gasteiger partial charge in [0.1, 0.15) is 18.8 Å². The van der Waals surface area contributed by atoms with Gasteiger partial charge in [0.25, 0.3) is 5.56 Å². The molecule has 1 fully saturated rings.